The summed E-state index contributed by atoms with van der Waals surface area (Å²) in [5, 5.41) is 9.60. The van der Waals surface area contributed by atoms with Crippen LogP contribution >= 0.6 is 0 Å². The molecule has 0 spiro atoms. The van der Waals surface area contributed by atoms with E-state index in [0.29, 0.717) is 17.1 Å². The van der Waals surface area contributed by atoms with Gasteiger partial charge in [0.15, 0.2) is 0 Å². The maximum absolute atomic E-state index is 11.3. The van der Waals surface area contributed by atoms with E-state index in [2.05, 4.69) is 9.97 Å². The molecule has 0 unspecified atom stereocenters. The molecule has 0 radical (unpaired) electrons. The van der Waals surface area contributed by atoms with Gasteiger partial charge in [-0.05, 0) is 43.3 Å². The summed E-state index contributed by atoms with van der Waals surface area (Å²) < 4.78 is 5.35. The lowest BCUT2D eigenvalue weighted by atomic mass is 10.1. The lowest BCUT2D eigenvalue weighted by Crippen LogP contribution is -2.15. The second kappa shape index (κ2) is 7.84. The number of benzene rings is 2. The number of fused-ring (bicyclic) bond motifs is 1. The summed E-state index contributed by atoms with van der Waals surface area (Å²) in [6.45, 7) is 1.86. The number of nitrogens with one attached hydrogen (secondary N) is 1. The number of nitrogens with zero attached hydrogens (tertiary/aromatic N) is 3. The first-order valence-corrected chi connectivity index (χ1v) is 8.31. The van der Waals surface area contributed by atoms with Gasteiger partial charge in [-0.25, -0.2) is 15.4 Å². The van der Waals surface area contributed by atoms with Gasteiger partial charge in [-0.3, -0.25) is 10.0 Å². The predicted molar refractivity (Wildman–Crippen MR) is 104 cm³/mol. The molecule has 0 saturated carbocycles. The fourth-order valence-corrected chi connectivity index (χ4v) is 2.81. The van der Waals surface area contributed by atoms with Gasteiger partial charge >= 0.3 is 0 Å². The molecule has 3 aromatic rings. The Morgan fingerprint density at radius 2 is 2.00 bits per heavy atom. The fraction of sp³-hybridized carbons (Fsp3) is 0.150. The fourth-order valence-electron chi connectivity index (χ4n) is 2.81. The van der Waals surface area contributed by atoms with Crippen LogP contribution in [0.1, 0.15) is 11.4 Å². The molecule has 0 fully saturated rings. The van der Waals surface area contributed by atoms with Crippen molar-refractivity contribution in [2.24, 2.45) is 0 Å². The molecule has 1 heterocycles. The van der Waals surface area contributed by atoms with Gasteiger partial charge in [-0.2, -0.15) is 0 Å². The zero-order valence-corrected chi connectivity index (χ0v) is 15.3. The summed E-state index contributed by atoms with van der Waals surface area (Å²) in [6, 6.07) is 13.4. The molecule has 1 aromatic heterocycles. The average Bonchev–Trinajstić information content (AvgIpc) is 2.70. The number of hydrogen-bond acceptors (Lipinski definition) is 6. The Morgan fingerprint density at radius 1 is 1.22 bits per heavy atom. The van der Waals surface area contributed by atoms with Gasteiger partial charge in [0.1, 0.15) is 17.4 Å². The standard InChI is InChI=1S/C20H20N4O3/c1-13-21-17-7-5-4-6-16(17)20(22-13)24(2)15-9-10-18(27-3)14(12-15)8-11-19(25)23-26/h4-12,26H,1-3H3,(H,23,25)/b11-8+. The Balaban J connectivity index is 2.06. The van der Waals surface area contributed by atoms with Crippen LogP contribution in [0, 0.1) is 6.92 Å². The van der Waals surface area contributed by atoms with E-state index in [1.807, 2.05) is 61.3 Å². The van der Waals surface area contributed by atoms with Crippen LogP contribution in [0.3, 0.4) is 0 Å². The number of hydrogen-bond donors (Lipinski definition) is 2. The van der Waals surface area contributed by atoms with E-state index in [1.54, 1.807) is 18.7 Å². The quantitative estimate of drug-likeness (QED) is 0.411. The Labute approximate surface area is 156 Å². The van der Waals surface area contributed by atoms with Gasteiger partial charge in [-0.1, -0.05) is 12.1 Å². The summed E-state index contributed by atoms with van der Waals surface area (Å²) in [7, 11) is 3.48. The zero-order chi connectivity index (χ0) is 19.4. The predicted octanol–water partition coefficient (Wildman–Crippen LogP) is 3.23. The Hall–Kier alpha value is -3.45. The number of aryl methyl sites for hydroxylation is 1. The monoisotopic (exact) mass is 364 g/mol. The van der Waals surface area contributed by atoms with Crippen molar-refractivity contribution in [2.75, 3.05) is 19.1 Å². The third-order valence-corrected chi connectivity index (χ3v) is 4.14. The van der Waals surface area contributed by atoms with E-state index in [1.165, 1.54) is 6.08 Å². The highest BCUT2D eigenvalue weighted by atomic mass is 16.5. The van der Waals surface area contributed by atoms with E-state index in [4.69, 9.17) is 9.94 Å². The topological polar surface area (TPSA) is 87.6 Å². The highest BCUT2D eigenvalue weighted by molar-refractivity contribution is 5.93. The summed E-state index contributed by atoms with van der Waals surface area (Å²) in [6.07, 6.45) is 2.80. The third-order valence-electron chi connectivity index (χ3n) is 4.14. The first-order chi connectivity index (χ1) is 13.0. The summed E-state index contributed by atoms with van der Waals surface area (Å²) >= 11 is 0. The second-order valence-electron chi connectivity index (χ2n) is 5.91. The first kappa shape index (κ1) is 18.3. The molecule has 0 saturated heterocycles. The Bertz CT molecular complexity index is 1020. The second-order valence-corrected chi connectivity index (χ2v) is 5.91. The SMILES string of the molecule is COc1ccc(N(C)c2nc(C)nc3ccccc23)cc1/C=C/C(=O)NO. The third kappa shape index (κ3) is 3.88. The molecule has 0 aliphatic heterocycles. The van der Waals surface area contributed by atoms with Gasteiger partial charge < -0.3 is 9.64 Å². The molecule has 27 heavy (non-hydrogen) atoms. The van der Waals surface area contributed by atoms with Crippen LogP contribution < -0.4 is 15.1 Å². The average molecular weight is 364 g/mol. The molecule has 7 heteroatoms. The summed E-state index contributed by atoms with van der Waals surface area (Å²) in [5.74, 6) is 1.46. The summed E-state index contributed by atoms with van der Waals surface area (Å²) in [4.78, 5) is 22.3. The molecule has 2 N–H and O–H groups in total. The van der Waals surface area contributed by atoms with Gasteiger partial charge in [0.2, 0.25) is 0 Å². The van der Waals surface area contributed by atoms with Crippen molar-refractivity contribution in [3.05, 3.63) is 59.9 Å². The first-order valence-electron chi connectivity index (χ1n) is 8.31. The maximum Gasteiger partial charge on any atom is 0.267 e. The Morgan fingerprint density at radius 3 is 2.74 bits per heavy atom. The van der Waals surface area contributed by atoms with Crippen LogP contribution in [0.2, 0.25) is 0 Å². The van der Waals surface area contributed by atoms with Crippen molar-refractivity contribution in [3.8, 4) is 5.75 Å². The van der Waals surface area contributed by atoms with Crippen LogP contribution in [0.25, 0.3) is 17.0 Å². The van der Waals surface area contributed by atoms with Crippen molar-refractivity contribution in [1.82, 2.24) is 15.4 Å². The van der Waals surface area contributed by atoms with E-state index < -0.39 is 5.91 Å². The molecule has 2 aromatic carbocycles. The molecular weight excluding hydrogens is 344 g/mol. The highest BCUT2D eigenvalue weighted by Gasteiger charge is 2.13. The van der Waals surface area contributed by atoms with Crippen molar-refractivity contribution < 1.29 is 14.7 Å². The molecule has 0 bridgehead atoms. The molecule has 1 amide bonds. The number of carbonyl (C=O) groups excluding carboxylic acids is 1. The minimum absolute atomic E-state index is 0.609. The van der Waals surface area contributed by atoms with E-state index in [0.717, 1.165) is 22.4 Å². The molecule has 138 valence electrons. The Kier molecular flexibility index (Phi) is 5.33. The van der Waals surface area contributed by atoms with Gasteiger partial charge in [0, 0.05) is 29.8 Å². The number of rotatable bonds is 5. The highest BCUT2D eigenvalue weighted by Crippen LogP contribution is 2.32. The minimum atomic E-state index is -0.617. The minimum Gasteiger partial charge on any atom is -0.496 e. The molecule has 0 aliphatic carbocycles. The molecule has 0 aliphatic rings. The van der Waals surface area contributed by atoms with E-state index in [9.17, 15) is 4.79 Å². The summed E-state index contributed by atoms with van der Waals surface area (Å²) in [5.41, 5.74) is 4.00. The number of ether oxygens (including phenoxy) is 1. The van der Waals surface area contributed by atoms with E-state index >= 15 is 0 Å². The van der Waals surface area contributed by atoms with Gasteiger partial charge in [0.25, 0.3) is 5.91 Å². The van der Waals surface area contributed by atoms with Crippen LogP contribution in [0.15, 0.2) is 48.5 Å². The zero-order valence-electron chi connectivity index (χ0n) is 15.3. The normalized spacial score (nSPS) is 11.0. The van der Waals surface area contributed by atoms with Crippen LogP contribution in [0.5, 0.6) is 5.75 Å². The molecule has 7 nitrogen and oxygen atoms in total. The van der Waals surface area contributed by atoms with Crippen molar-refractivity contribution in [2.45, 2.75) is 6.92 Å². The number of methoxy groups -OCH3 is 1. The number of anilines is 2. The number of aromatic nitrogens is 2. The van der Waals surface area contributed by atoms with Crippen LogP contribution in [0.4, 0.5) is 11.5 Å². The smallest absolute Gasteiger partial charge is 0.267 e. The largest absolute Gasteiger partial charge is 0.496 e. The maximum atomic E-state index is 11.3. The number of amides is 1. The van der Waals surface area contributed by atoms with Crippen LogP contribution in [-0.2, 0) is 4.79 Å². The van der Waals surface area contributed by atoms with Crippen molar-refractivity contribution in [3.63, 3.8) is 0 Å². The molecular formula is C20H20N4O3. The molecule has 3 rings (SSSR count). The number of carbonyl (C=O) groups is 1. The number of hydroxylamine groups is 1. The van der Waals surface area contributed by atoms with Gasteiger partial charge in [-0.15, -0.1) is 0 Å². The molecule has 0 atom stereocenters. The van der Waals surface area contributed by atoms with Gasteiger partial charge in [0.05, 0.1) is 12.6 Å². The lowest BCUT2D eigenvalue weighted by Gasteiger charge is -2.21. The van der Waals surface area contributed by atoms with Crippen molar-refractivity contribution >= 4 is 34.4 Å². The lowest BCUT2D eigenvalue weighted by molar-refractivity contribution is -0.124. The van der Waals surface area contributed by atoms with Crippen LogP contribution in [-0.4, -0.2) is 35.2 Å². The number of para-hydroxylation sites is 1. The van der Waals surface area contributed by atoms with E-state index in [-0.39, 0.29) is 0 Å². The van der Waals surface area contributed by atoms with Crippen molar-refractivity contribution in [1.29, 1.82) is 0 Å².